The van der Waals surface area contributed by atoms with Gasteiger partial charge in [-0.3, -0.25) is 15.2 Å². The zero-order chi connectivity index (χ0) is 18.4. The molecule has 3 rings (SSSR count). The van der Waals surface area contributed by atoms with Gasteiger partial charge in [0.15, 0.2) is 5.82 Å². The molecule has 2 aromatic heterocycles. The summed E-state index contributed by atoms with van der Waals surface area (Å²) in [5.74, 6) is 0.263. The zero-order valence-electron chi connectivity index (χ0n) is 13.9. The Morgan fingerprint density at radius 1 is 1.23 bits per heavy atom. The van der Waals surface area contributed by atoms with Gasteiger partial charge in [-0.05, 0) is 23.9 Å². The van der Waals surface area contributed by atoms with Crippen LogP contribution >= 0.6 is 23.1 Å². The first-order valence-corrected chi connectivity index (χ1v) is 9.63. The van der Waals surface area contributed by atoms with Crippen LogP contribution in [-0.4, -0.2) is 32.4 Å². The topological polar surface area (TPSA) is 99.8 Å². The normalized spacial score (nSPS) is 11.7. The third-order valence-electron chi connectivity index (χ3n) is 3.40. The molecule has 1 atom stereocenters. The number of aromatic amines is 1. The van der Waals surface area contributed by atoms with E-state index >= 15 is 0 Å². The number of nitrogens with one attached hydrogen (secondary N) is 3. The molecule has 134 valence electrons. The van der Waals surface area contributed by atoms with Gasteiger partial charge in [-0.1, -0.05) is 48.2 Å². The predicted octanol–water partition coefficient (Wildman–Crippen LogP) is 3.04. The fourth-order valence-corrected chi connectivity index (χ4v) is 3.46. The molecule has 0 saturated heterocycles. The molecule has 0 fully saturated rings. The molecule has 7 nitrogen and oxygen atoms in total. The second-order valence-electron chi connectivity index (χ2n) is 5.36. The van der Waals surface area contributed by atoms with Crippen LogP contribution in [0.2, 0.25) is 0 Å². The van der Waals surface area contributed by atoms with Gasteiger partial charge in [0.05, 0.1) is 10.1 Å². The standard InChI is InChI=1S/C17H17N5O2S2/c1-11(26-17-19-14(21-22-17)13-8-5-9-25-13)15(23)20-16(24)18-10-12-6-3-2-4-7-12/h2-9,11H,10H2,1H3,(H,19,21,22)(H2,18,20,23,24). The fourth-order valence-electron chi connectivity index (χ4n) is 2.07. The van der Waals surface area contributed by atoms with Crippen molar-refractivity contribution in [2.24, 2.45) is 0 Å². The second-order valence-corrected chi connectivity index (χ2v) is 7.62. The van der Waals surface area contributed by atoms with Gasteiger partial charge >= 0.3 is 6.03 Å². The lowest BCUT2D eigenvalue weighted by molar-refractivity contribution is -0.119. The van der Waals surface area contributed by atoms with E-state index in [1.54, 1.807) is 18.3 Å². The van der Waals surface area contributed by atoms with Crippen LogP contribution in [-0.2, 0) is 11.3 Å². The number of thioether (sulfide) groups is 1. The smallest absolute Gasteiger partial charge is 0.321 e. The van der Waals surface area contributed by atoms with Gasteiger partial charge in [0.1, 0.15) is 0 Å². The number of urea groups is 1. The van der Waals surface area contributed by atoms with E-state index in [1.807, 2.05) is 47.8 Å². The summed E-state index contributed by atoms with van der Waals surface area (Å²) in [6.07, 6.45) is 0. The highest BCUT2D eigenvalue weighted by molar-refractivity contribution is 8.00. The number of carbonyl (C=O) groups excluding carboxylic acids is 2. The highest BCUT2D eigenvalue weighted by atomic mass is 32.2. The van der Waals surface area contributed by atoms with Crippen LogP contribution < -0.4 is 10.6 Å². The number of hydrogen-bond acceptors (Lipinski definition) is 6. The van der Waals surface area contributed by atoms with Crippen LogP contribution in [0.1, 0.15) is 12.5 Å². The monoisotopic (exact) mass is 387 g/mol. The number of benzene rings is 1. The van der Waals surface area contributed by atoms with E-state index in [-0.39, 0.29) is 0 Å². The van der Waals surface area contributed by atoms with Gasteiger partial charge < -0.3 is 5.32 Å². The maximum atomic E-state index is 12.1. The van der Waals surface area contributed by atoms with Gasteiger partial charge in [0, 0.05) is 6.54 Å². The lowest BCUT2D eigenvalue weighted by Crippen LogP contribution is -2.42. The van der Waals surface area contributed by atoms with E-state index < -0.39 is 17.2 Å². The van der Waals surface area contributed by atoms with Gasteiger partial charge in [-0.25, -0.2) is 9.78 Å². The van der Waals surface area contributed by atoms with Crippen molar-refractivity contribution < 1.29 is 9.59 Å². The Morgan fingerprint density at radius 3 is 2.77 bits per heavy atom. The maximum absolute atomic E-state index is 12.1. The molecule has 2 heterocycles. The average Bonchev–Trinajstić information content (AvgIpc) is 3.32. The van der Waals surface area contributed by atoms with Gasteiger partial charge in [-0.15, -0.1) is 16.4 Å². The number of thiophene rings is 1. The zero-order valence-corrected chi connectivity index (χ0v) is 15.6. The molecule has 3 amide bonds. The van der Waals surface area contributed by atoms with Gasteiger partial charge in [0.2, 0.25) is 11.1 Å². The first kappa shape index (κ1) is 18.2. The number of aromatic nitrogens is 3. The summed E-state index contributed by atoms with van der Waals surface area (Å²) in [5.41, 5.74) is 0.958. The van der Waals surface area contributed by atoms with Crippen LogP contribution in [0, 0.1) is 0 Å². The van der Waals surface area contributed by atoms with Crippen LogP contribution in [0.5, 0.6) is 0 Å². The van der Waals surface area contributed by atoms with Crippen LogP contribution in [0.4, 0.5) is 4.79 Å². The Kier molecular flexibility index (Phi) is 6.03. The van der Waals surface area contributed by atoms with Crippen molar-refractivity contribution in [2.75, 3.05) is 0 Å². The highest BCUT2D eigenvalue weighted by Crippen LogP contribution is 2.25. The summed E-state index contributed by atoms with van der Waals surface area (Å²) in [4.78, 5) is 29.3. The molecule has 0 bridgehead atoms. The Labute approximate surface area is 158 Å². The van der Waals surface area contributed by atoms with E-state index in [2.05, 4.69) is 25.8 Å². The summed E-state index contributed by atoms with van der Waals surface area (Å²) in [7, 11) is 0. The largest absolute Gasteiger partial charge is 0.334 e. The van der Waals surface area contributed by atoms with Crippen molar-refractivity contribution in [1.29, 1.82) is 0 Å². The lowest BCUT2D eigenvalue weighted by atomic mass is 10.2. The van der Waals surface area contributed by atoms with Crippen molar-refractivity contribution in [3.8, 4) is 10.7 Å². The second kappa shape index (κ2) is 8.63. The average molecular weight is 387 g/mol. The quantitative estimate of drug-likeness (QED) is 0.565. The molecule has 0 aliphatic rings. The Balaban J connectivity index is 1.47. The molecule has 26 heavy (non-hydrogen) atoms. The number of nitrogens with zero attached hydrogens (tertiary/aromatic N) is 2. The van der Waals surface area contributed by atoms with E-state index in [0.29, 0.717) is 17.5 Å². The summed E-state index contributed by atoms with van der Waals surface area (Å²) in [6.45, 7) is 2.05. The van der Waals surface area contributed by atoms with E-state index in [9.17, 15) is 9.59 Å². The summed E-state index contributed by atoms with van der Waals surface area (Å²) < 4.78 is 0. The van der Waals surface area contributed by atoms with Crippen molar-refractivity contribution in [2.45, 2.75) is 23.9 Å². The molecule has 0 saturated carbocycles. The third-order valence-corrected chi connectivity index (χ3v) is 5.24. The van der Waals surface area contributed by atoms with Crippen LogP contribution in [0.15, 0.2) is 53.0 Å². The molecular formula is C17H17N5O2S2. The fraction of sp³-hybridized carbons (Fsp3) is 0.176. The van der Waals surface area contributed by atoms with E-state index in [4.69, 9.17) is 0 Å². The van der Waals surface area contributed by atoms with Crippen molar-refractivity contribution in [3.05, 3.63) is 53.4 Å². The highest BCUT2D eigenvalue weighted by Gasteiger charge is 2.19. The first-order chi connectivity index (χ1) is 12.6. The minimum absolute atomic E-state index is 0.354. The molecule has 3 aromatic rings. The van der Waals surface area contributed by atoms with E-state index in [0.717, 1.165) is 10.4 Å². The Morgan fingerprint density at radius 2 is 2.04 bits per heavy atom. The molecule has 0 spiro atoms. The van der Waals surface area contributed by atoms with Gasteiger partial charge in [-0.2, -0.15) is 0 Å². The minimum atomic E-state index is -0.527. The van der Waals surface area contributed by atoms with Crippen molar-refractivity contribution in [1.82, 2.24) is 25.8 Å². The molecule has 0 aliphatic heterocycles. The van der Waals surface area contributed by atoms with Crippen LogP contribution in [0.25, 0.3) is 10.7 Å². The molecule has 0 aliphatic carbocycles. The number of H-pyrrole nitrogens is 1. The molecule has 3 N–H and O–H groups in total. The number of carbonyl (C=O) groups is 2. The molecule has 1 aromatic carbocycles. The number of hydrogen-bond donors (Lipinski definition) is 3. The molecule has 1 unspecified atom stereocenters. The third kappa shape index (κ3) is 4.93. The summed E-state index contributed by atoms with van der Waals surface area (Å²) in [5, 5.41) is 13.8. The first-order valence-electron chi connectivity index (χ1n) is 7.87. The Bertz CT molecular complexity index is 864. The lowest BCUT2D eigenvalue weighted by Gasteiger charge is -2.10. The van der Waals surface area contributed by atoms with Gasteiger partial charge in [0.25, 0.3) is 0 Å². The minimum Gasteiger partial charge on any atom is -0.334 e. The molecular weight excluding hydrogens is 370 g/mol. The molecule has 9 heteroatoms. The van der Waals surface area contributed by atoms with Crippen LogP contribution in [0.3, 0.4) is 0 Å². The predicted molar refractivity (Wildman–Crippen MR) is 102 cm³/mol. The van der Waals surface area contributed by atoms with Crippen molar-refractivity contribution >= 4 is 35.0 Å². The SMILES string of the molecule is CC(Sc1n[nH]c(-c2cccs2)n1)C(=O)NC(=O)NCc1ccccc1. The summed E-state index contributed by atoms with van der Waals surface area (Å²) >= 11 is 2.74. The number of amides is 3. The maximum Gasteiger partial charge on any atom is 0.321 e. The van der Waals surface area contributed by atoms with Crippen molar-refractivity contribution in [3.63, 3.8) is 0 Å². The van der Waals surface area contributed by atoms with E-state index in [1.165, 1.54) is 11.8 Å². The summed E-state index contributed by atoms with van der Waals surface area (Å²) in [6, 6.07) is 12.8. The molecule has 0 radical (unpaired) electrons. The number of rotatable bonds is 6. The number of imide groups is 1. The Hall–Kier alpha value is -2.65.